The van der Waals surface area contributed by atoms with Crippen molar-refractivity contribution in [2.75, 3.05) is 18.5 Å². The number of carboxylic acid groups (broad SMARTS) is 1. The molecule has 2 rings (SSSR count). The van der Waals surface area contributed by atoms with Gasteiger partial charge in [0.25, 0.3) is 0 Å². The monoisotopic (exact) mass is 232 g/mol. The van der Waals surface area contributed by atoms with Gasteiger partial charge >= 0.3 is 5.97 Å². The van der Waals surface area contributed by atoms with E-state index in [0.29, 0.717) is 11.3 Å². The molecule has 0 atom stereocenters. The van der Waals surface area contributed by atoms with Gasteiger partial charge in [-0.3, -0.25) is 4.79 Å². The third kappa shape index (κ3) is 2.28. The fraction of sp³-hybridized carbons (Fsp3) is 0.167. The summed E-state index contributed by atoms with van der Waals surface area (Å²) in [5.74, 6) is -0.318. The zero-order chi connectivity index (χ0) is 12.4. The Morgan fingerprint density at radius 2 is 2.12 bits per heavy atom. The number of para-hydroxylation sites is 1. The lowest BCUT2D eigenvalue weighted by Crippen LogP contribution is -2.25. The number of aliphatic carboxylic acids is 1. The summed E-state index contributed by atoms with van der Waals surface area (Å²) in [6.07, 6.45) is 0. The van der Waals surface area contributed by atoms with Crippen LogP contribution in [0.15, 0.2) is 30.3 Å². The van der Waals surface area contributed by atoms with E-state index in [0.717, 1.165) is 5.39 Å². The smallest absolute Gasteiger partial charge is 0.323 e. The summed E-state index contributed by atoms with van der Waals surface area (Å²) in [6.45, 7) is -0.133. The minimum atomic E-state index is -0.924. The molecule has 0 aliphatic carbocycles. The topological polar surface area (TPSA) is 73.7 Å². The summed E-state index contributed by atoms with van der Waals surface area (Å²) in [7, 11) is 1.64. The minimum absolute atomic E-state index is 0.0908. The molecule has 0 aliphatic heterocycles. The van der Waals surface area contributed by atoms with E-state index >= 15 is 0 Å². The van der Waals surface area contributed by atoms with Crippen LogP contribution in [0.2, 0.25) is 0 Å². The molecule has 0 bridgehead atoms. The summed E-state index contributed by atoms with van der Waals surface area (Å²) in [5.41, 5.74) is 0.474. The zero-order valence-corrected chi connectivity index (χ0v) is 9.29. The predicted molar refractivity (Wildman–Crippen MR) is 64.3 cm³/mol. The number of fused-ring (bicyclic) bond motifs is 1. The third-order valence-electron chi connectivity index (χ3n) is 2.45. The molecule has 0 fully saturated rings. The highest BCUT2D eigenvalue weighted by atomic mass is 16.4. The van der Waals surface area contributed by atoms with E-state index in [1.807, 2.05) is 6.07 Å². The van der Waals surface area contributed by atoms with E-state index in [1.165, 1.54) is 4.90 Å². The van der Waals surface area contributed by atoms with Crippen molar-refractivity contribution in [3.63, 3.8) is 0 Å². The first kappa shape index (κ1) is 11.2. The number of benzene rings is 1. The molecule has 17 heavy (non-hydrogen) atoms. The van der Waals surface area contributed by atoms with Gasteiger partial charge in [0, 0.05) is 12.4 Å². The number of phenols is 1. The molecule has 1 heterocycles. The van der Waals surface area contributed by atoms with Crippen LogP contribution in [0.5, 0.6) is 5.75 Å². The molecule has 0 radical (unpaired) electrons. The Bertz CT molecular complexity index is 569. The summed E-state index contributed by atoms with van der Waals surface area (Å²) in [4.78, 5) is 16.3. The fourth-order valence-corrected chi connectivity index (χ4v) is 1.62. The van der Waals surface area contributed by atoms with E-state index in [1.54, 1.807) is 31.3 Å². The standard InChI is InChI=1S/C12H12N2O3/c1-14(7-11(16)17)10-6-5-8-3-2-4-9(15)12(8)13-10/h2-6,15H,7H2,1H3,(H,16,17). The first-order valence-corrected chi connectivity index (χ1v) is 5.09. The van der Waals surface area contributed by atoms with Gasteiger partial charge in [0.15, 0.2) is 0 Å². The number of anilines is 1. The van der Waals surface area contributed by atoms with Crippen LogP contribution < -0.4 is 4.90 Å². The quantitative estimate of drug-likeness (QED) is 0.838. The summed E-state index contributed by atoms with van der Waals surface area (Å²) < 4.78 is 0. The maximum atomic E-state index is 10.6. The lowest BCUT2D eigenvalue weighted by Gasteiger charge is -2.15. The zero-order valence-electron chi connectivity index (χ0n) is 9.29. The average Bonchev–Trinajstić information content (AvgIpc) is 2.28. The molecule has 0 aliphatic rings. The van der Waals surface area contributed by atoms with Crippen LogP contribution in [0.4, 0.5) is 5.82 Å². The molecule has 0 saturated carbocycles. The van der Waals surface area contributed by atoms with Crippen LogP contribution in [0.1, 0.15) is 0 Å². The van der Waals surface area contributed by atoms with Crippen LogP contribution in [-0.4, -0.2) is 34.8 Å². The lowest BCUT2D eigenvalue weighted by molar-refractivity contribution is -0.135. The van der Waals surface area contributed by atoms with Crippen molar-refractivity contribution in [2.24, 2.45) is 0 Å². The van der Waals surface area contributed by atoms with E-state index in [4.69, 9.17) is 5.11 Å². The Hall–Kier alpha value is -2.30. The first-order chi connectivity index (χ1) is 8.08. The number of rotatable bonds is 3. The maximum Gasteiger partial charge on any atom is 0.323 e. The number of aromatic hydroxyl groups is 1. The predicted octanol–water partition coefficient (Wildman–Crippen LogP) is 1.46. The Morgan fingerprint density at radius 3 is 2.82 bits per heavy atom. The van der Waals surface area contributed by atoms with Crippen molar-refractivity contribution < 1.29 is 15.0 Å². The van der Waals surface area contributed by atoms with Gasteiger partial charge in [-0.2, -0.15) is 0 Å². The van der Waals surface area contributed by atoms with Crippen molar-refractivity contribution in [3.8, 4) is 5.75 Å². The largest absolute Gasteiger partial charge is 0.506 e. The van der Waals surface area contributed by atoms with Gasteiger partial charge in [0.05, 0.1) is 0 Å². The molecule has 1 aromatic carbocycles. The normalized spacial score (nSPS) is 10.4. The van der Waals surface area contributed by atoms with Gasteiger partial charge in [-0.1, -0.05) is 12.1 Å². The van der Waals surface area contributed by atoms with Gasteiger partial charge in [0.1, 0.15) is 23.6 Å². The number of aromatic nitrogens is 1. The SMILES string of the molecule is CN(CC(=O)O)c1ccc2cccc(O)c2n1. The molecule has 1 aromatic heterocycles. The molecule has 0 amide bonds. The number of hydrogen-bond acceptors (Lipinski definition) is 4. The number of hydrogen-bond donors (Lipinski definition) is 2. The maximum absolute atomic E-state index is 10.6. The van der Waals surface area contributed by atoms with Crippen LogP contribution in [-0.2, 0) is 4.79 Å². The third-order valence-corrected chi connectivity index (χ3v) is 2.45. The van der Waals surface area contributed by atoms with Gasteiger partial charge in [-0.05, 0) is 18.2 Å². The highest BCUT2D eigenvalue weighted by Crippen LogP contribution is 2.24. The summed E-state index contributed by atoms with van der Waals surface area (Å²) in [6, 6.07) is 8.65. The second kappa shape index (κ2) is 4.29. The number of carboxylic acids is 1. The molecule has 5 nitrogen and oxygen atoms in total. The van der Waals surface area contributed by atoms with E-state index in [-0.39, 0.29) is 12.3 Å². The van der Waals surface area contributed by atoms with Gasteiger partial charge in [-0.25, -0.2) is 4.98 Å². The van der Waals surface area contributed by atoms with Crippen molar-refractivity contribution in [1.82, 2.24) is 4.98 Å². The molecule has 2 N–H and O–H groups in total. The Morgan fingerprint density at radius 1 is 1.35 bits per heavy atom. The average molecular weight is 232 g/mol. The second-order valence-electron chi connectivity index (χ2n) is 3.77. The Kier molecular flexibility index (Phi) is 2.82. The molecular weight excluding hydrogens is 220 g/mol. The molecule has 88 valence electrons. The summed E-state index contributed by atoms with van der Waals surface area (Å²) >= 11 is 0. The lowest BCUT2D eigenvalue weighted by atomic mass is 10.2. The highest BCUT2D eigenvalue weighted by molar-refractivity contribution is 5.86. The molecule has 2 aromatic rings. The van der Waals surface area contributed by atoms with Crippen molar-refractivity contribution in [1.29, 1.82) is 0 Å². The number of phenolic OH excluding ortho intramolecular Hbond substituents is 1. The van der Waals surface area contributed by atoms with Gasteiger partial charge < -0.3 is 15.1 Å². The van der Waals surface area contributed by atoms with Crippen molar-refractivity contribution in [3.05, 3.63) is 30.3 Å². The number of nitrogens with zero attached hydrogens (tertiary/aromatic N) is 2. The molecular formula is C12H12N2O3. The van der Waals surface area contributed by atoms with Crippen LogP contribution in [0, 0.1) is 0 Å². The second-order valence-corrected chi connectivity index (χ2v) is 3.77. The number of carbonyl (C=O) groups is 1. The minimum Gasteiger partial charge on any atom is -0.506 e. The van der Waals surface area contributed by atoms with Gasteiger partial charge in [0.2, 0.25) is 0 Å². The van der Waals surface area contributed by atoms with Gasteiger partial charge in [-0.15, -0.1) is 0 Å². The van der Waals surface area contributed by atoms with Crippen LogP contribution in [0.3, 0.4) is 0 Å². The highest BCUT2D eigenvalue weighted by Gasteiger charge is 2.08. The molecule has 0 saturated heterocycles. The number of pyridine rings is 1. The Balaban J connectivity index is 2.43. The molecule has 5 heteroatoms. The molecule has 0 spiro atoms. The summed E-state index contributed by atoms with van der Waals surface area (Å²) in [5, 5.41) is 19.2. The fourth-order valence-electron chi connectivity index (χ4n) is 1.62. The van der Waals surface area contributed by atoms with Crippen molar-refractivity contribution >= 4 is 22.7 Å². The van der Waals surface area contributed by atoms with E-state index in [2.05, 4.69) is 4.98 Å². The van der Waals surface area contributed by atoms with Crippen LogP contribution >= 0.6 is 0 Å². The Labute approximate surface area is 97.9 Å². The van der Waals surface area contributed by atoms with E-state index in [9.17, 15) is 9.90 Å². The van der Waals surface area contributed by atoms with Crippen molar-refractivity contribution in [2.45, 2.75) is 0 Å². The molecule has 0 unspecified atom stereocenters. The first-order valence-electron chi connectivity index (χ1n) is 5.09. The number of likely N-dealkylation sites (N-methyl/N-ethyl adjacent to an activating group) is 1. The van der Waals surface area contributed by atoms with E-state index < -0.39 is 5.97 Å². The van der Waals surface area contributed by atoms with Crippen LogP contribution in [0.25, 0.3) is 10.9 Å².